The van der Waals surface area contributed by atoms with Gasteiger partial charge in [0.05, 0.1) is 0 Å². The fourth-order valence-electron chi connectivity index (χ4n) is 3.02. The molecule has 4 heteroatoms. The normalized spacial score (nSPS) is 18.0. The van der Waals surface area contributed by atoms with Crippen LogP contribution in [0.3, 0.4) is 0 Å². The zero-order valence-corrected chi connectivity index (χ0v) is 13.8. The second-order valence-corrected chi connectivity index (χ2v) is 6.35. The second kappa shape index (κ2) is 6.67. The summed E-state index contributed by atoms with van der Waals surface area (Å²) in [6.07, 6.45) is 2.11. The third-order valence-corrected chi connectivity index (χ3v) is 4.72. The zero-order chi connectivity index (χ0) is 15.5. The number of nitrogens with one attached hydrogen (secondary N) is 1. The summed E-state index contributed by atoms with van der Waals surface area (Å²) in [7, 11) is 2.14. The van der Waals surface area contributed by atoms with E-state index in [1.165, 1.54) is 11.3 Å². The molecule has 2 aromatic rings. The molecule has 116 valence electrons. The van der Waals surface area contributed by atoms with Crippen molar-refractivity contribution in [2.75, 3.05) is 18.5 Å². The van der Waals surface area contributed by atoms with E-state index in [-0.39, 0.29) is 0 Å². The summed E-state index contributed by atoms with van der Waals surface area (Å²) in [5.41, 5.74) is 3.70. The Morgan fingerprint density at radius 1 is 1.27 bits per heavy atom. The third kappa shape index (κ3) is 3.26. The molecular formula is C18H22ClN3. The first kappa shape index (κ1) is 15.3. The van der Waals surface area contributed by atoms with Crippen molar-refractivity contribution in [2.45, 2.75) is 31.8 Å². The van der Waals surface area contributed by atoms with E-state index >= 15 is 0 Å². The van der Waals surface area contributed by atoms with Gasteiger partial charge in [-0.2, -0.15) is 0 Å². The summed E-state index contributed by atoms with van der Waals surface area (Å²) in [4.78, 5) is 6.74. The SMILES string of the molecule is CC(CNC1CCc2nc(Cl)ccc21)N(C)c1ccccc1. The Kier molecular flexibility index (Phi) is 4.65. The number of halogens is 1. The molecule has 0 spiro atoms. The number of rotatable bonds is 5. The van der Waals surface area contributed by atoms with Gasteiger partial charge in [-0.25, -0.2) is 4.98 Å². The maximum absolute atomic E-state index is 5.97. The number of aromatic nitrogens is 1. The van der Waals surface area contributed by atoms with Gasteiger partial charge in [0.1, 0.15) is 5.15 Å². The summed E-state index contributed by atoms with van der Waals surface area (Å²) < 4.78 is 0. The number of hydrogen-bond acceptors (Lipinski definition) is 3. The highest BCUT2D eigenvalue weighted by Gasteiger charge is 2.24. The van der Waals surface area contributed by atoms with Gasteiger partial charge in [0, 0.05) is 37.1 Å². The van der Waals surface area contributed by atoms with Gasteiger partial charge in [0.25, 0.3) is 0 Å². The number of aryl methyl sites for hydroxylation is 1. The Bertz CT molecular complexity index is 629. The third-order valence-electron chi connectivity index (χ3n) is 4.50. The van der Waals surface area contributed by atoms with Crippen LogP contribution >= 0.6 is 11.6 Å². The number of pyridine rings is 1. The molecule has 1 aliphatic rings. The number of benzene rings is 1. The van der Waals surface area contributed by atoms with Gasteiger partial charge >= 0.3 is 0 Å². The number of para-hydroxylation sites is 1. The number of likely N-dealkylation sites (N-methyl/N-ethyl adjacent to an activating group) is 1. The van der Waals surface area contributed by atoms with E-state index in [4.69, 9.17) is 11.6 Å². The van der Waals surface area contributed by atoms with Crippen LogP contribution in [0.1, 0.15) is 30.6 Å². The Labute approximate surface area is 137 Å². The maximum atomic E-state index is 5.97. The minimum atomic E-state index is 0.395. The van der Waals surface area contributed by atoms with Gasteiger partial charge in [0.2, 0.25) is 0 Å². The molecule has 0 saturated carbocycles. The van der Waals surface area contributed by atoms with Crippen molar-refractivity contribution in [2.24, 2.45) is 0 Å². The van der Waals surface area contributed by atoms with Crippen LogP contribution in [0.25, 0.3) is 0 Å². The van der Waals surface area contributed by atoms with Gasteiger partial charge in [-0.3, -0.25) is 0 Å². The smallest absolute Gasteiger partial charge is 0.129 e. The zero-order valence-electron chi connectivity index (χ0n) is 13.1. The summed E-state index contributed by atoms with van der Waals surface area (Å²) in [6, 6.07) is 15.3. The van der Waals surface area contributed by atoms with Crippen molar-refractivity contribution < 1.29 is 0 Å². The average Bonchev–Trinajstić information content (AvgIpc) is 2.94. The van der Waals surface area contributed by atoms with Gasteiger partial charge in [-0.05, 0) is 43.5 Å². The van der Waals surface area contributed by atoms with Crippen molar-refractivity contribution in [3.63, 3.8) is 0 Å². The molecule has 1 aliphatic carbocycles. The van der Waals surface area contributed by atoms with Crippen LogP contribution in [0.4, 0.5) is 5.69 Å². The Morgan fingerprint density at radius 2 is 2.05 bits per heavy atom. The van der Waals surface area contributed by atoms with E-state index in [0.29, 0.717) is 17.2 Å². The molecule has 1 aromatic carbocycles. The second-order valence-electron chi connectivity index (χ2n) is 5.96. The standard InChI is InChI=1S/C18H22ClN3/c1-13(22(2)14-6-4-3-5-7-14)12-20-16-9-10-17-15(16)8-11-18(19)21-17/h3-8,11,13,16,20H,9-10,12H2,1-2H3. The molecule has 1 N–H and O–H groups in total. The predicted molar refractivity (Wildman–Crippen MR) is 92.6 cm³/mol. The molecule has 1 heterocycles. The number of fused-ring (bicyclic) bond motifs is 1. The molecule has 0 fully saturated rings. The molecule has 0 saturated heterocycles. The van der Waals surface area contributed by atoms with Crippen molar-refractivity contribution >= 4 is 17.3 Å². The van der Waals surface area contributed by atoms with Crippen LogP contribution in [0, 0.1) is 0 Å². The minimum Gasteiger partial charge on any atom is -0.371 e. The van der Waals surface area contributed by atoms with E-state index in [2.05, 4.69) is 59.5 Å². The highest BCUT2D eigenvalue weighted by molar-refractivity contribution is 6.29. The number of hydrogen-bond donors (Lipinski definition) is 1. The molecule has 3 rings (SSSR count). The largest absolute Gasteiger partial charge is 0.371 e. The molecule has 0 radical (unpaired) electrons. The van der Waals surface area contributed by atoms with Gasteiger partial charge in [0.15, 0.2) is 0 Å². The summed E-state index contributed by atoms with van der Waals surface area (Å²) in [5.74, 6) is 0. The average molecular weight is 316 g/mol. The van der Waals surface area contributed by atoms with E-state index in [1.807, 2.05) is 12.1 Å². The van der Waals surface area contributed by atoms with Crippen molar-refractivity contribution in [1.82, 2.24) is 10.3 Å². The van der Waals surface area contributed by atoms with Crippen LogP contribution < -0.4 is 10.2 Å². The first-order valence-electron chi connectivity index (χ1n) is 7.81. The van der Waals surface area contributed by atoms with Gasteiger partial charge < -0.3 is 10.2 Å². The quantitative estimate of drug-likeness (QED) is 0.850. The summed E-state index contributed by atoms with van der Waals surface area (Å²) in [6.45, 7) is 3.19. The molecule has 0 bridgehead atoms. The van der Waals surface area contributed by atoms with E-state index in [9.17, 15) is 0 Å². The fourth-order valence-corrected chi connectivity index (χ4v) is 3.18. The molecule has 1 aromatic heterocycles. The van der Waals surface area contributed by atoms with Crippen LogP contribution in [0.15, 0.2) is 42.5 Å². The Hall–Kier alpha value is -1.58. The highest BCUT2D eigenvalue weighted by atomic mass is 35.5. The lowest BCUT2D eigenvalue weighted by atomic mass is 10.1. The van der Waals surface area contributed by atoms with Crippen molar-refractivity contribution in [3.8, 4) is 0 Å². The minimum absolute atomic E-state index is 0.395. The topological polar surface area (TPSA) is 28.2 Å². The molecule has 0 amide bonds. The van der Waals surface area contributed by atoms with Gasteiger partial charge in [-0.15, -0.1) is 0 Å². The number of anilines is 1. The highest BCUT2D eigenvalue weighted by Crippen LogP contribution is 2.30. The lowest BCUT2D eigenvalue weighted by molar-refractivity contribution is 0.494. The van der Waals surface area contributed by atoms with E-state index in [1.54, 1.807) is 0 Å². The predicted octanol–water partition coefficient (Wildman–Crippen LogP) is 3.84. The molecule has 2 atom stereocenters. The van der Waals surface area contributed by atoms with Crippen molar-refractivity contribution in [1.29, 1.82) is 0 Å². The van der Waals surface area contributed by atoms with Gasteiger partial charge in [-0.1, -0.05) is 35.9 Å². The molecular weight excluding hydrogens is 294 g/mol. The molecule has 22 heavy (non-hydrogen) atoms. The molecule has 2 unspecified atom stereocenters. The first-order valence-corrected chi connectivity index (χ1v) is 8.19. The lowest BCUT2D eigenvalue weighted by Gasteiger charge is -2.28. The summed E-state index contributed by atoms with van der Waals surface area (Å²) in [5, 5.41) is 4.28. The van der Waals surface area contributed by atoms with Crippen LogP contribution in [-0.4, -0.2) is 24.6 Å². The monoisotopic (exact) mass is 315 g/mol. The van der Waals surface area contributed by atoms with Crippen molar-refractivity contribution in [3.05, 3.63) is 58.9 Å². The first-order chi connectivity index (χ1) is 10.6. The van der Waals surface area contributed by atoms with E-state index < -0.39 is 0 Å². The van der Waals surface area contributed by atoms with Crippen LogP contribution in [-0.2, 0) is 6.42 Å². The fraction of sp³-hybridized carbons (Fsp3) is 0.389. The van der Waals surface area contributed by atoms with E-state index in [0.717, 1.165) is 25.1 Å². The summed E-state index contributed by atoms with van der Waals surface area (Å²) >= 11 is 5.97. The molecule has 0 aliphatic heterocycles. The Balaban J connectivity index is 1.60. The maximum Gasteiger partial charge on any atom is 0.129 e. The Morgan fingerprint density at radius 3 is 2.82 bits per heavy atom. The number of nitrogens with zero attached hydrogens (tertiary/aromatic N) is 2. The molecule has 3 nitrogen and oxygen atoms in total. The van der Waals surface area contributed by atoms with Crippen LogP contribution in [0.2, 0.25) is 5.15 Å². The van der Waals surface area contributed by atoms with Crippen LogP contribution in [0.5, 0.6) is 0 Å². The lowest BCUT2D eigenvalue weighted by Crippen LogP contribution is -2.39.